The van der Waals surface area contributed by atoms with Crippen LogP contribution in [0.3, 0.4) is 0 Å². The number of methoxy groups -OCH3 is 1. The molecule has 0 aliphatic rings. The van der Waals surface area contributed by atoms with Crippen LogP contribution in [0.4, 0.5) is 17.1 Å². The van der Waals surface area contributed by atoms with Crippen molar-refractivity contribution in [3.05, 3.63) is 156 Å². The molecule has 5 aromatic rings. The monoisotopic (exact) mass is 613 g/mol. The fraction of sp³-hybridized carbons (Fsp3) is 0.0541. The zero-order valence-corrected chi connectivity index (χ0v) is 25.4. The molecule has 0 aliphatic carbocycles. The van der Waals surface area contributed by atoms with Crippen molar-refractivity contribution in [1.82, 2.24) is 5.32 Å². The van der Waals surface area contributed by atoms with Crippen molar-refractivity contribution in [2.24, 2.45) is 0 Å². The third kappa shape index (κ3) is 8.49. The Kier molecular flexibility index (Phi) is 10.4. The second kappa shape index (κ2) is 15.2. The highest BCUT2D eigenvalue weighted by Crippen LogP contribution is 2.28. The third-order valence-corrected chi connectivity index (χ3v) is 7.71. The number of thioether (sulfide) groups is 1. The van der Waals surface area contributed by atoms with Gasteiger partial charge in [0.1, 0.15) is 11.4 Å². The summed E-state index contributed by atoms with van der Waals surface area (Å²) in [6, 6.07) is 42.2. The quantitative estimate of drug-likeness (QED) is 0.119. The molecule has 0 unspecified atom stereocenters. The van der Waals surface area contributed by atoms with Gasteiger partial charge in [-0.1, -0.05) is 66.7 Å². The predicted octanol–water partition coefficient (Wildman–Crippen LogP) is 7.56. The number of rotatable bonds is 11. The molecule has 0 radical (unpaired) electrons. The number of anilines is 3. The minimum absolute atomic E-state index is 0.0581. The van der Waals surface area contributed by atoms with Crippen molar-refractivity contribution in [2.45, 2.75) is 4.90 Å². The van der Waals surface area contributed by atoms with E-state index in [1.54, 1.807) is 78.7 Å². The van der Waals surface area contributed by atoms with Crippen LogP contribution >= 0.6 is 11.8 Å². The van der Waals surface area contributed by atoms with Gasteiger partial charge in [0.05, 0.1) is 12.9 Å². The Bertz CT molecular complexity index is 1720. The smallest absolute Gasteiger partial charge is 0.272 e. The van der Waals surface area contributed by atoms with E-state index >= 15 is 0 Å². The Hall–Kier alpha value is -5.60. The van der Waals surface area contributed by atoms with Crippen LogP contribution in [0.25, 0.3) is 6.08 Å². The third-order valence-electron chi connectivity index (χ3n) is 6.71. The second-order valence-corrected chi connectivity index (χ2v) is 10.9. The summed E-state index contributed by atoms with van der Waals surface area (Å²) in [5.74, 6) is -0.0410. The average molecular weight is 614 g/mol. The highest BCUT2D eigenvalue weighted by molar-refractivity contribution is 8.00. The zero-order valence-electron chi connectivity index (χ0n) is 24.6. The highest BCUT2D eigenvalue weighted by atomic mass is 32.2. The summed E-state index contributed by atoms with van der Waals surface area (Å²) in [4.78, 5) is 42.3. The molecule has 0 fully saturated rings. The molecule has 0 atom stereocenters. The Morgan fingerprint density at radius 2 is 1.27 bits per heavy atom. The van der Waals surface area contributed by atoms with Crippen LogP contribution in [0.5, 0.6) is 5.75 Å². The summed E-state index contributed by atoms with van der Waals surface area (Å²) in [6.07, 6.45) is 1.61. The lowest BCUT2D eigenvalue weighted by atomic mass is 10.1. The van der Waals surface area contributed by atoms with Crippen LogP contribution in [0.1, 0.15) is 15.9 Å². The largest absolute Gasteiger partial charge is 0.497 e. The summed E-state index contributed by atoms with van der Waals surface area (Å²) in [6.45, 7) is 0. The van der Waals surface area contributed by atoms with Crippen LogP contribution in [-0.2, 0) is 9.59 Å². The molecule has 0 aliphatic heterocycles. The molecule has 3 amide bonds. The molecule has 224 valence electrons. The van der Waals surface area contributed by atoms with Crippen molar-refractivity contribution in [2.75, 3.05) is 23.1 Å². The van der Waals surface area contributed by atoms with Crippen LogP contribution in [-0.4, -0.2) is 30.6 Å². The van der Waals surface area contributed by atoms with E-state index in [1.165, 1.54) is 11.8 Å². The maximum Gasteiger partial charge on any atom is 0.272 e. The maximum absolute atomic E-state index is 13.4. The number of carbonyl (C=O) groups excluding carboxylic acids is 3. The Balaban J connectivity index is 1.27. The van der Waals surface area contributed by atoms with E-state index in [0.717, 1.165) is 16.3 Å². The Morgan fingerprint density at radius 3 is 1.82 bits per heavy atom. The summed E-state index contributed by atoms with van der Waals surface area (Å²) in [5.41, 5.74) is 3.36. The lowest BCUT2D eigenvalue weighted by molar-refractivity contribution is -0.115. The molecule has 0 heterocycles. The SMILES string of the molecule is COc1ccc(/C=C(\NC(=O)c2ccccc2)C(=O)Nc2ccc(SCC(=O)N(c3ccccc3)c3ccccc3)cc2)cc1. The second-order valence-electron chi connectivity index (χ2n) is 9.82. The lowest BCUT2D eigenvalue weighted by Gasteiger charge is -2.23. The molecule has 2 N–H and O–H groups in total. The van der Waals surface area contributed by atoms with Crippen molar-refractivity contribution < 1.29 is 19.1 Å². The molecular weight excluding hydrogens is 582 g/mol. The van der Waals surface area contributed by atoms with E-state index in [0.29, 0.717) is 22.6 Å². The van der Waals surface area contributed by atoms with Crippen LogP contribution in [0.15, 0.2) is 150 Å². The molecule has 45 heavy (non-hydrogen) atoms. The highest BCUT2D eigenvalue weighted by Gasteiger charge is 2.18. The molecule has 0 saturated heterocycles. The number of benzene rings is 5. The predicted molar refractivity (Wildman–Crippen MR) is 181 cm³/mol. The summed E-state index contributed by atoms with van der Waals surface area (Å²) in [7, 11) is 1.58. The van der Waals surface area contributed by atoms with Gasteiger partial charge in [0.2, 0.25) is 5.91 Å². The van der Waals surface area contributed by atoms with Crippen molar-refractivity contribution in [1.29, 1.82) is 0 Å². The topological polar surface area (TPSA) is 87.7 Å². The molecule has 0 spiro atoms. The van der Waals surface area contributed by atoms with Gasteiger partial charge >= 0.3 is 0 Å². The normalized spacial score (nSPS) is 10.9. The molecule has 5 rings (SSSR count). The van der Waals surface area contributed by atoms with Gasteiger partial charge in [-0.05, 0) is 84.4 Å². The number of nitrogens with one attached hydrogen (secondary N) is 2. The number of nitrogens with zero attached hydrogens (tertiary/aromatic N) is 1. The van der Waals surface area contributed by atoms with Gasteiger partial charge in [-0.2, -0.15) is 0 Å². The fourth-order valence-electron chi connectivity index (χ4n) is 4.44. The molecule has 0 bridgehead atoms. The lowest BCUT2D eigenvalue weighted by Crippen LogP contribution is -2.30. The number of hydrogen-bond acceptors (Lipinski definition) is 5. The molecule has 7 nitrogen and oxygen atoms in total. The van der Waals surface area contributed by atoms with Gasteiger partial charge in [0.15, 0.2) is 0 Å². The number of carbonyl (C=O) groups is 3. The summed E-state index contributed by atoms with van der Waals surface area (Å²) in [5, 5.41) is 5.61. The first kappa shape index (κ1) is 30.8. The van der Waals surface area contributed by atoms with Crippen LogP contribution in [0.2, 0.25) is 0 Å². The first-order valence-corrected chi connectivity index (χ1v) is 15.2. The van der Waals surface area contributed by atoms with E-state index in [-0.39, 0.29) is 17.4 Å². The van der Waals surface area contributed by atoms with E-state index in [9.17, 15) is 14.4 Å². The number of hydrogen-bond donors (Lipinski definition) is 2. The van der Waals surface area contributed by atoms with Gasteiger partial charge in [0.25, 0.3) is 11.8 Å². The van der Waals surface area contributed by atoms with Crippen LogP contribution in [0, 0.1) is 0 Å². The molecule has 0 aromatic heterocycles. The summed E-state index contributed by atoms with van der Waals surface area (Å²) < 4.78 is 5.22. The zero-order chi connectivity index (χ0) is 31.4. The number of ether oxygens (including phenoxy) is 1. The molecular formula is C37H31N3O4S. The number of para-hydroxylation sites is 2. The van der Waals surface area contributed by atoms with E-state index < -0.39 is 11.8 Å². The number of amides is 3. The standard InChI is InChI=1S/C37H31N3O4S/c1-44-32-21-17-27(18-22-32)25-34(39-36(42)28-11-5-2-6-12-28)37(43)38-29-19-23-33(24-20-29)45-26-35(41)40(30-13-7-3-8-14-30)31-15-9-4-10-16-31/h2-25H,26H2,1H3,(H,38,43)(H,39,42)/b34-25-. The van der Waals surface area contributed by atoms with E-state index in [4.69, 9.17) is 4.74 Å². The first-order valence-electron chi connectivity index (χ1n) is 14.2. The fourth-order valence-corrected chi connectivity index (χ4v) is 5.19. The average Bonchev–Trinajstić information content (AvgIpc) is 3.09. The van der Waals surface area contributed by atoms with Crippen LogP contribution < -0.4 is 20.3 Å². The minimum atomic E-state index is -0.480. The molecule has 0 saturated carbocycles. The minimum Gasteiger partial charge on any atom is -0.497 e. The van der Waals surface area contributed by atoms with E-state index in [2.05, 4.69) is 10.6 Å². The van der Waals surface area contributed by atoms with Gasteiger partial charge < -0.3 is 15.4 Å². The maximum atomic E-state index is 13.4. The van der Waals surface area contributed by atoms with Gasteiger partial charge in [0, 0.05) is 27.5 Å². The van der Waals surface area contributed by atoms with Crippen molar-refractivity contribution >= 4 is 52.6 Å². The van der Waals surface area contributed by atoms with Gasteiger partial charge in [-0.15, -0.1) is 11.8 Å². The van der Waals surface area contributed by atoms with Crippen molar-refractivity contribution in [3.8, 4) is 5.75 Å². The first-order chi connectivity index (χ1) is 22.0. The Labute approximate surface area is 266 Å². The van der Waals surface area contributed by atoms with Gasteiger partial charge in [-0.25, -0.2) is 0 Å². The molecule has 5 aromatic carbocycles. The van der Waals surface area contributed by atoms with E-state index in [1.807, 2.05) is 78.9 Å². The summed E-state index contributed by atoms with van der Waals surface area (Å²) >= 11 is 1.41. The van der Waals surface area contributed by atoms with Gasteiger partial charge in [-0.3, -0.25) is 19.3 Å². The van der Waals surface area contributed by atoms with Crippen molar-refractivity contribution in [3.63, 3.8) is 0 Å². The molecule has 8 heteroatoms. The Morgan fingerprint density at radius 1 is 0.711 bits per heavy atom.